The summed E-state index contributed by atoms with van der Waals surface area (Å²) in [6.45, 7) is 1.18. The summed E-state index contributed by atoms with van der Waals surface area (Å²) in [5.41, 5.74) is 7.05. The van der Waals surface area contributed by atoms with Crippen molar-refractivity contribution in [1.29, 1.82) is 0 Å². The number of hydrogen-bond acceptors (Lipinski definition) is 5. The van der Waals surface area contributed by atoms with E-state index in [2.05, 4.69) is 9.97 Å². The van der Waals surface area contributed by atoms with Crippen molar-refractivity contribution in [2.45, 2.75) is 19.3 Å². The summed E-state index contributed by atoms with van der Waals surface area (Å²) < 4.78 is 0. The second-order valence-electron chi connectivity index (χ2n) is 5.62. The van der Waals surface area contributed by atoms with E-state index in [4.69, 9.17) is 5.73 Å². The first-order chi connectivity index (χ1) is 11.1. The SMILES string of the molecule is NC(=O)C1CCN(C(=O)Cc2csc(-c3cccnc3)n2)CC1. The second-order valence-corrected chi connectivity index (χ2v) is 6.48. The first-order valence-electron chi connectivity index (χ1n) is 7.55. The normalized spacial score (nSPS) is 15.6. The Morgan fingerprint density at radius 2 is 2.13 bits per heavy atom. The van der Waals surface area contributed by atoms with E-state index >= 15 is 0 Å². The number of pyridine rings is 1. The Morgan fingerprint density at radius 3 is 2.78 bits per heavy atom. The Kier molecular flexibility index (Phi) is 4.66. The van der Waals surface area contributed by atoms with Gasteiger partial charge in [0.2, 0.25) is 11.8 Å². The topological polar surface area (TPSA) is 89.2 Å². The summed E-state index contributed by atoms with van der Waals surface area (Å²) in [5.74, 6) is -0.316. The van der Waals surface area contributed by atoms with Crippen LogP contribution in [0.2, 0.25) is 0 Å². The molecule has 2 amide bonds. The summed E-state index contributed by atoms with van der Waals surface area (Å²) in [5, 5.41) is 2.78. The van der Waals surface area contributed by atoms with Gasteiger partial charge in [0.25, 0.3) is 0 Å². The van der Waals surface area contributed by atoms with Gasteiger partial charge in [0.05, 0.1) is 12.1 Å². The Hall–Kier alpha value is -2.28. The summed E-state index contributed by atoms with van der Waals surface area (Å²) in [7, 11) is 0. The van der Waals surface area contributed by atoms with E-state index in [1.54, 1.807) is 17.3 Å². The van der Waals surface area contributed by atoms with Crippen molar-refractivity contribution >= 4 is 23.2 Å². The quantitative estimate of drug-likeness (QED) is 0.919. The molecule has 0 radical (unpaired) electrons. The van der Waals surface area contributed by atoms with Crippen LogP contribution < -0.4 is 5.73 Å². The lowest BCUT2D eigenvalue weighted by atomic mass is 9.96. The molecule has 0 aliphatic carbocycles. The summed E-state index contributed by atoms with van der Waals surface area (Å²) >= 11 is 1.51. The highest BCUT2D eigenvalue weighted by Crippen LogP contribution is 2.23. The van der Waals surface area contributed by atoms with Gasteiger partial charge in [-0.25, -0.2) is 4.98 Å². The maximum Gasteiger partial charge on any atom is 0.228 e. The molecule has 0 bridgehead atoms. The van der Waals surface area contributed by atoms with Crippen molar-refractivity contribution in [2.24, 2.45) is 11.7 Å². The zero-order valence-corrected chi connectivity index (χ0v) is 13.5. The first kappa shape index (κ1) is 15.6. The van der Waals surface area contributed by atoms with E-state index in [0.717, 1.165) is 16.3 Å². The van der Waals surface area contributed by atoms with Crippen LogP contribution in [0.3, 0.4) is 0 Å². The van der Waals surface area contributed by atoms with Gasteiger partial charge in [0.15, 0.2) is 0 Å². The molecule has 2 aromatic rings. The number of aromatic nitrogens is 2. The maximum absolute atomic E-state index is 12.4. The third-order valence-corrected chi connectivity index (χ3v) is 4.98. The minimum absolute atomic E-state index is 0.0518. The van der Waals surface area contributed by atoms with Crippen LogP contribution in [-0.2, 0) is 16.0 Å². The second kappa shape index (κ2) is 6.87. The average Bonchev–Trinajstić information content (AvgIpc) is 3.04. The number of amides is 2. The molecule has 2 N–H and O–H groups in total. The Morgan fingerprint density at radius 1 is 1.35 bits per heavy atom. The number of hydrogen-bond donors (Lipinski definition) is 1. The number of carbonyl (C=O) groups excluding carboxylic acids is 2. The van der Waals surface area contributed by atoms with Crippen molar-refractivity contribution in [1.82, 2.24) is 14.9 Å². The Labute approximate surface area is 138 Å². The third kappa shape index (κ3) is 3.73. The third-order valence-electron chi connectivity index (χ3n) is 4.04. The molecule has 23 heavy (non-hydrogen) atoms. The number of nitrogens with zero attached hydrogens (tertiary/aromatic N) is 3. The van der Waals surface area contributed by atoms with Crippen LogP contribution in [0.4, 0.5) is 0 Å². The highest BCUT2D eigenvalue weighted by Gasteiger charge is 2.26. The lowest BCUT2D eigenvalue weighted by Gasteiger charge is -2.30. The Balaban J connectivity index is 1.59. The highest BCUT2D eigenvalue weighted by atomic mass is 32.1. The van der Waals surface area contributed by atoms with Crippen molar-refractivity contribution in [3.05, 3.63) is 35.6 Å². The lowest BCUT2D eigenvalue weighted by Crippen LogP contribution is -2.42. The number of primary amides is 1. The lowest BCUT2D eigenvalue weighted by molar-refractivity contribution is -0.134. The van der Waals surface area contributed by atoms with Gasteiger partial charge >= 0.3 is 0 Å². The van der Waals surface area contributed by atoms with Gasteiger partial charge in [-0.2, -0.15) is 0 Å². The van der Waals surface area contributed by atoms with E-state index in [-0.39, 0.29) is 24.2 Å². The minimum Gasteiger partial charge on any atom is -0.369 e. The molecule has 1 fully saturated rings. The van der Waals surface area contributed by atoms with Gasteiger partial charge in [-0.05, 0) is 25.0 Å². The zero-order chi connectivity index (χ0) is 16.2. The smallest absolute Gasteiger partial charge is 0.228 e. The first-order valence-corrected chi connectivity index (χ1v) is 8.43. The molecule has 2 aromatic heterocycles. The highest BCUT2D eigenvalue weighted by molar-refractivity contribution is 7.13. The molecule has 120 valence electrons. The van der Waals surface area contributed by atoms with E-state index < -0.39 is 0 Å². The summed E-state index contributed by atoms with van der Waals surface area (Å²) in [6, 6.07) is 3.82. The number of likely N-dealkylation sites (tertiary alicyclic amines) is 1. The molecule has 0 aromatic carbocycles. The minimum atomic E-state index is -0.266. The van der Waals surface area contributed by atoms with E-state index in [1.807, 2.05) is 17.5 Å². The maximum atomic E-state index is 12.4. The van der Waals surface area contributed by atoms with Gasteiger partial charge in [-0.15, -0.1) is 11.3 Å². The fourth-order valence-corrected chi connectivity index (χ4v) is 3.50. The van der Waals surface area contributed by atoms with Crippen LogP contribution in [0, 0.1) is 5.92 Å². The van der Waals surface area contributed by atoms with E-state index in [9.17, 15) is 9.59 Å². The van der Waals surface area contributed by atoms with Crippen LogP contribution in [0.15, 0.2) is 29.9 Å². The van der Waals surface area contributed by atoms with Gasteiger partial charge in [0, 0.05) is 42.3 Å². The standard InChI is InChI=1S/C16H18N4O2S/c17-15(22)11-3-6-20(7-4-11)14(21)8-13-10-23-16(19-13)12-2-1-5-18-9-12/h1-2,5,9-11H,3-4,6-8H2,(H2,17,22). The Bertz CT molecular complexity index is 693. The molecular weight excluding hydrogens is 312 g/mol. The van der Waals surface area contributed by atoms with Crippen molar-refractivity contribution < 1.29 is 9.59 Å². The molecule has 7 heteroatoms. The van der Waals surface area contributed by atoms with Gasteiger partial charge in [-0.1, -0.05) is 0 Å². The number of carbonyl (C=O) groups is 2. The van der Waals surface area contributed by atoms with Crippen LogP contribution >= 0.6 is 11.3 Å². The van der Waals surface area contributed by atoms with E-state index in [0.29, 0.717) is 25.9 Å². The fourth-order valence-electron chi connectivity index (χ4n) is 2.69. The number of nitrogens with two attached hydrogens (primary N) is 1. The van der Waals surface area contributed by atoms with Crippen LogP contribution in [0.5, 0.6) is 0 Å². The monoisotopic (exact) mass is 330 g/mol. The number of piperidine rings is 1. The van der Waals surface area contributed by atoms with Gasteiger partial charge in [0.1, 0.15) is 5.01 Å². The van der Waals surface area contributed by atoms with Crippen LogP contribution in [0.25, 0.3) is 10.6 Å². The van der Waals surface area contributed by atoms with Gasteiger partial charge < -0.3 is 10.6 Å². The number of thiazole rings is 1. The van der Waals surface area contributed by atoms with Crippen molar-refractivity contribution in [3.63, 3.8) is 0 Å². The van der Waals surface area contributed by atoms with Gasteiger partial charge in [-0.3, -0.25) is 14.6 Å². The van der Waals surface area contributed by atoms with Crippen LogP contribution in [0.1, 0.15) is 18.5 Å². The molecule has 3 heterocycles. The molecule has 1 saturated heterocycles. The molecule has 6 nitrogen and oxygen atoms in total. The van der Waals surface area contributed by atoms with Crippen molar-refractivity contribution in [2.75, 3.05) is 13.1 Å². The predicted octanol–water partition coefficient (Wildman–Crippen LogP) is 1.47. The molecule has 0 spiro atoms. The molecule has 1 aliphatic rings. The molecule has 3 rings (SSSR count). The van der Waals surface area contributed by atoms with Crippen LogP contribution in [-0.4, -0.2) is 39.8 Å². The largest absolute Gasteiger partial charge is 0.369 e. The number of rotatable bonds is 4. The molecule has 0 saturated carbocycles. The van der Waals surface area contributed by atoms with Crippen molar-refractivity contribution in [3.8, 4) is 10.6 Å². The fraction of sp³-hybridized carbons (Fsp3) is 0.375. The van der Waals surface area contributed by atoms with E-state index in [1.165, 1.54) is 11.3 Å². The molecule has 0 atom stereocenters. The summed E-state index contributed by atoms with van der Waals surface area (Å²) in [4.78, 5) is 33.9. The molecule has 0 unspecified atom stereocenters. The summed E-state index contributed by atoms with van der Waals surface area (Å²) in [6.07, 6.45) is 5.08. The predicted molar refractivity (Wildman–Crippen MR) is 87.5 cm³/mol. The molecule has 1 aliphatic heterocycles. The average molecular weight is 330 g/mol. The molecular formula is C16H18N4O2S. The zero-order valence-electron chi connectivity index (χ0n) is 12.6.